The molecule has 0 saturated carbocycles. The molecule has 0 spiro atoms. The molecule has 4 aromatic rings. The third-order valence-corrected chi connectivity index (χ3v) is 5.95. The van der Waals surface area contributed by atoms with Crippen LogP contribution in [0.1, 0.15) is 10.4 Å². The SMILES string of the molecule is O=C(CNC(=O)c1cccc([SH](=O)=O)c1)Nc1nc(-c2ccccc2-c2cn[nH]c2)cs1. The largest absolute Gasteiger partial charge is 0.343 e. The Balaban J connectivity index is 1.40. The number of aromatic amines is 1. The first kappa shape index (κ1) is 21.4. The van der Waals surface area contributed by atoms with Crippen LogP contribution in [0, 0.1) is 0 Å². The van der Waals surface area contributed by atoms with Gasteiger partial charge in [0.15, 0.2) is 15.8 Å². The number of rotatable bonds is 7. The first-order valence-corrected chi connectivity index (χ1v) is 11.4. The third-order valence-electron chi connectivity index (χ3n) is 4.49. The van der Waals surface area contributed by atoms with Crippen molar-refractivity contribution in [3.05, 3.63) is 71.9 Å². The van der Waals surface area contributed by atoms with Gasteiger partial charge in [-0.3, -0.25) is 14.7 Å². The number of H-pyrrole nitrogens is 1. The van der Waals surface area contributed by atoms with Crippen LogP contribution < -0.4 is 10.6 Å². The van der Waals surface area contributed by atoms with Crippen LogP contribution in [-0.2, 0) is 15.5 Å². The van der Waals surface area contributed by atoms with Gasteiger partial charge in [-0.1, -0.05) is 30.3 Å². The molecular weight excluding hydrogens is 450 g/mol. The Bertz CT molecular complexity index is 1340. The topological polar surface area (TPSA) is 134 Å². The molecule has 0 aliphatic carbocycles. The Hall–Kier alpha value is -3.83. The molecule has 2 aromatic carbocycles. The van der Waals surface area contributed by atoms with Crippen molar-refractivity contribution in [1.29, 1.82) is 0 Å². The Kier molecular flexibility index (Phi) is 6.38. The lowest BCUT2D eigenvalue weighted by molar-refractivity contribution is -0.115. The average molecular weight is 468 g/mol. The summed E-state index contributed by atoms with van der Waals surface area (Å²) in [6.07, 6.45) is 3.52. The van der Waals surface area contributed by atoms with Crippen molar-refractivity contribution in [3.8, 4) is 22.4 Å². The molecule has 0 saturated heterocycles. The zero-order chi connectivity index (χ0) is 22.5. The molecule has 2 heterocycles. The monoisotopic (exact) mass is 467 g/mol. The van der Waals surface area contributed by atoms with E-state index in [0.29, 0.717) is 10.8 Å². The van der Waals surface area contributed by atoms with Crippen molar-refractivity contribution in [3.63, 3.8) is 0 Å². The molecule has 0 fully saturated rings. The summed E-state index contributed by atoms with van der Waals surface area (Å²) in [5.41, 5.74) is 3.64. The van der Waals surface area contributed by atoms with Crippen LogP contribution in [0.3, 0.4) is 0 Å². The minimum atomic E-state index is -2.79. The number of amides is 2. The lowest BCUT2D eigenvalue weighted by atomic mass is 10.0. The molecule has 3 N–H and O–H groups in total. The molecule has 2 amide bonds. The van der Waals surface area contributed by atoms with Gasteiger partial charge in [0, 0.05) is 28.3 Å². The van der Waals surface area contributed by atoms with Gasteiger partial charge in [-0.25, -0.2) is 13.4 Å². The second-order valence-corrected chi connectivity index (χ2v) is 8.50. The van der Waals surface area contributed by atoms with Gasteiger partial charge in [-0.05, 0) is 23.8 Å². The van der Waals surface area contributed by atoms with Crippen molar-refractivity contribution >= 4 is 39.0 Å². The first-order valence-electron chi connectivity index (χ1n) is 9.38. The maximum Gasteiger partial charge on any atom is 0.251 e. The molecule has 0 radical (unpaired) electrons. The highest BCUT2D eigenvalue weighted by atomic mass is 32.2. The first-order chi connectivity index (χ1) is 15.5. The van der Waals surface area contributed by atoms with Gasteiger partial charge in [-0.2, -0.15) is 5.10 Å². The highest BCUT2D eigenvalue weighted by Crippen LogP contribution is 2.33. The van der Waals surface area contributed by atoms with Gasteiger partial charge < -0.3 is 10.6 Å². The van der Waals surface area contributed by atoms with Gasteiger partial charge in [0.05, 0.1) is 23.3 Å². The number of benzene rings is 2. The van der Waals surface area contributed by atoms with Crippen LogP contribution in [0.4, 0.5) is 5.13 Å². The van der Waals surface area contributed by atoms with Crippen molar-refractivity contribution in [1.82, 2.24) is 20.5 Å². The fraction of sp³-hybridized carbons (Fsp3) is 0.0476. The van der Waals surface area contributed by atoms with Crippen LogP contribution in [0.5, 0.6) is 0 Å². The normalized spacial score (nSPS) is 10.8. The Morgan fingerprint density at radius 1 is 1.06 bits per heavy atom. The molecule has 0 aliphatic heterocycles. The van der Waals surface area contributed by atoms with E-state index >= 15 is 0 Å². The number of hydrogen-bond donors (Lipinski definition) is 4. The maximum atomic E-state index is 12.3. The lowest BCUT2D eigenvalue weighted by Gasteiger charge is -2.06. The minimum Gasteiger partial charge on any atom is -0.343 e. The van der Waals surface area contributed by atoms with E-state index in [1.165, 1.54) is 35.6 Å². The van der Waals surface area contributed by atoms with E-state index in [2.05, 4.69) is 25.8 Å². The van der Waals surface area contributed by atoms with Crippen LogP contribution >= 0.6 is 11.3 Å². The van der Waals surface area contributed by atoms with Crippen molar-refractivity contribution in [2.45, 2.75) is 4.90 Å². The summed E-state index contributed by atoms with van der Waals surface area (Å²) in [5.74, 6) is -0.999. The quantitative estimate of drug-likeness (QED) is 0.309. The number of anilines is 1. The molecule has 0 bridgehead atoms. The van der Waals surface area contributed by atoms with E-state index in [4.69, 9.17) is 0 Å². The maximum absolute atomic E-state index is 12.3. The summed E-state index contributed by atoms with van der Waals surface area (Å²) in [4.78, 5) is 29.0. The van der Waals surface area contributed by atoms with Crippen LogP contribution in [0.25, 0.3) is 22.4 Å². The average Bonchev–Trinajstić information content (AvgIpc) is 3.50. The van der Waals surface area contributed by atoms with E-state index in [-0.39, 0.29) is 17.0 Å². The predicted molar refractivity (Wildman–Crippen MR) is 121 cm³/mol. The van der Waals surface area contributed by atoms with Crippen molar-refractivity contribution in [2.75, 3.05) is 11.9 Å². The molecule has 0 aliphatic rings. The fourth-order valence-electron chi connectivity index (χ4n) is 3.00. The molecule has 9 nitrogen and oxygen atoms in total. The molecule has 2 aromatic heterocycles. The third kappa shape index (κ3) is 4.90. The van der Waals surface area contributed by atoms with E-state index < -0.39 is 22.5 Å². The van der Waals surface area contributed by atoms with Gasteiger partial charge in [0.1, 0.15) is 0 Å². The molecule has 4 rings (SSSR count). The summed E-state index contributed by atoms with van der Waals surface area (Å²) in [6.45, 7) is -0.285. The van der Waals surface area contributed by atoms with Crippen LogP contribution in [0.2, 0.25) is 0 Å². The smallest absolute Gasteiger partial charge is 0.251 e. The number of aromatic nitrogens is 3. The van der Waals surface area contributed by atoms with E-state index in [9.17, 15) is 18.0 Å². The molecule has 11 heteroatoms. The van der Waals surface area contributed by atoms with Crippen LogP contribution in [0.15, 0.2) is 71.2 Å². The summed E-state index contributed by atoms with van der Waals surface area (Å²) < 4.78 is 22.1. The van der Waals surface area contributed by atoms with E-state index in [0.717, 1.165) is 16.7 Å². The summed E-state index contributed by atoms with van der Waals surface area (Å²) in [6, 6.07) is 13.3. The van der Waals surface area contributed by atoms with Gasteiger partial charge >= 0.3 is 0 Å². The van der Waals surface area contributed by atoms with Gasteiger partial charge in [0.25, 0.3) is 5.91 Å². The van der Waals surface area contributed by atoms with Gasteiger partial charge in [-0.15, -0.1) is 11.3 Å². The number of hydrogen-bond acceptors (Lipinski definition) is 7. The highest BCUT2D eigenvalue weighted by molar-refractivity contribution is 7.72. The zero-order valence-electron chi connectivity index (χ0n) is 16.4. The lowest BCUT2D eigenvalue weighted by Crippen LogP contribution is -2.32. The Labute approximate surface area is 188 Å². The fourth-order valence-corrected chi connectivity index (χ4v) is 4.18. The Morgan fingerprint density at radius 2 is 1.88 bits per heavy atom. The minimum absolute atomic E-state index is 0.0307. The van der Waals surface area contributed by atoms with E-state index in [1.807, 2.05) is 29.6 Å². The number of nitrogens with one attached hydrogen (secondary N) is 3. The van der Waals surface area contributed by atoms with Crippen LogP contribution in [-0.4, -0.2) is 42.0 Å². The molecule has 32 heavy (non-hydrogen) atoms. The standard InChI is InChI=1S/C21H17N5O4S2/c27-19(11-22-20(28)13-4-3-5-15(8-13)32(29)30)26-21-25-18(12-31-21)17-7-2-1-6-16(17)14-9-23-24-10-14/h1-10,12,32H,11H2,(H,22,28)(H,23,24)(H,25,26,27). The number of nitrogens with zero attached hydrogens (tertiary/aromatic N) is 2. The summed E-state index contributed by atoms with van der Waals surface area (Å²) in [7, 11) is -2.79. The van der Waals surface area contributed by atoms with Crippen molar-refractivity contribution < 1.29 is 18.0 Å². The molecule has 0 atom stereocenters. The Morgan fingerprint density at radius 3 is 2.62 bits per heavy atom. The second-order valence-electron chi connectivity index (χ2n) is 6.61. The molecular formula is C21H17N5O4S2. The van der Waals surface area contributed by atoms with Gasteiger partial charge in [0.2, 0.25) is 5.91 Å². The van der Waals surface area contributed by atoms with Crippen molar-refractivity contribution in [2.24, 2.45) is 0 Å². The zero-order valence-corrected chi connectivity index (χ0v) is 18.2. The second kappa shape index (κ2) is 9.54. The number of carbonyl (C=O) groups excluding carboxylic acids is 2. The number of thiol groups is 1. The highest BCUT2D eigenvalue weighted by Gasteiger charge is 2.14. The predicted octanol–water partition coefficient (Wildman–Crippen LogP) is 2.54. The molecule has 0 unspecified atom stereocenters. The number of carbonyl (C=O) groups is 2. The number of thiazole rings is 1. The summed E-state index contributed by atoms with van der Waals surface area (Å²) in [5, 5.41) is 14.1. The van der Waals surface area contributed by atoms with E-state index in [1.54, 1.807) is 12.4 Å². The summed E-state index contributed by atoms with van der Waals surface area (Å²) >= 11 is 1.27. The molecule has 162 valence electrons.